The van der Waals surface area contributed by atoms with Crippen molar-refractivity contribution in [3.63, 3.8) is 0 Å². The largest absolute Gasteiger partial charge is 0.503 e. The molecule has 0 saturated heterocycles. The monoisotopic (exact) mass is 547 g/mol. The molecule has 208 valence electrons. The molecule has 1 aromatic heterocycles. The van der Waals surface area contributed by atoms with Crippen LogP contribution in [0, 0.1) is 11.7 Å². The first-order valence-corrected chi connectivity index (χ1v) is 12.0. The molecular weight excluding hydrogens is 519 g/mol. The molecule has 3 rings (SSSR count). The molecule has 0 aliphatic carbocycles. The minimum atomic E-state index is -2.80. The van der Waals surface area contributed by atoms with Crippen molar-refractivity contribution < 1.29 is 46.8 Å². The van der Waals surface area contributed by atoms with Crippen molar-refractivity contribution in [1.82, 2.24) is 4.98 Å². The first-order valence-electron chi connectivity index (χ1n) is 12.0. The number of alkyl halides is 2. The van der Waals surface area contributed by atoms with Crippen LogP contribution >= 0.6 is 0 Å². The number of pyridine rings is 1. The fourth-order valence-corrected chi connectivity index (χ4v) is 3.70. The molecule has 0 aliphatic rings. The molecule has 0 spiro atoms. The van der Waals surface area contributed by atoms with Gasteiger partial charge in [-0.05, 0) is 31.2 Å². The molecule has 1 heterocycles. The lowest BCUT2D eigenvalue weighted by molar-refractivity contribution is -0.157. The number of hydrogen-bond acceptors (Lipinski definition) is 8. The number of hydrogen-bond donors (Lipinski definition) is 1. The second-order valence-electron chi connectivity index (χ2n) is 8.62. The summed E-state index contributed by atoms with van der Waals surface area (Å²) in [5.74, 6) is -3.25. The number of aromatic nitrogens is 1. The molecule has 0 saturated carbocycles. The standard InChI is InChI=1S/C28H28F3NO7/c1-16(13-21(33)25-26(34)22(36-3)11-12-32-25)28(35)38-17(2)27(39-19-7-5-4-6-8-19)20-10-9-18(29)14-23(20)37-15-24(30)31/h4-12,14,16-17,24,27,34H,13,15H2,1-3H3/t16-,17+,27+/m1/s1. The number of ether oxygens (including phenoxy) is 4. The van der Waals surface area contributed by atoms with Crippen LogP contribution in [-0.2, 0) is 9.53 Å². The van der Waals surface area contributed by atoms with E-state index in [1.54, 1.807) is 30.3 Å². The van der Waals surface area contributed by atoms with E-state index in [9.17, 15) is 27.9 Å². The normalized spacial score (nSPS) is 13.3. The van der Waals surface area contributed by atoms with Crippen LogP contribution < -0.4 is 14.2 Å². The second kappa shape index (κ2) is 13.5. The number of para-hydroxylation sites is 1. The van der Waals surface area contributed by atoms with Crippen molar-refractivity contribution in [3.05, 3.63) is 77.9 Å². The molecule has 2 aromatic carbocycles. The fraction of sp³-hybridized carbons (Fsp3) is 0.321. The molecule has 8 nitrogen and oxygen atoms in total. The summed E-state index contributed by atoms with van der Waals surface area (Å²) < 4.78 is 61.4. The van der Waals surface area contributed by atoms with E-state index in [4.69, 9.17) is 18.9 Å². The van der Waals surface area contributed by atoms with E-state index in [0.717, 1.165) is 12.1 Å². The average molecular weight is 548 g/mol. The maximum atomic E-state index is 14.0. The lowest BCUT2D eigenvalue weighted by Crippen LogP contribution is -2.30. The molecular formula is C28H28F3NO7. The van der Waals surface area contributed by atoms with Crippen LogP contribution in [0.25, 0.3) is 0 Å². The SMILES string of the molecule is COc1ccnc(C(=O)C[C@@H](C)C(=O)O[C@@H](C)[C@H](Oc2ccccc2)c2ccc(F)cc2OCC(F)F)c1O. The Hall–Kier alpha value is -4.28. The lowest BCUT2D eigenvalue weighted by Gasteiger charge is -2.28. The molecule has 39 heavy (non-hydrogen) atoms. The van der Waals surface area contributed by atoms with E-state index in [1.807, 2.05) is 0 Å². The number of ketones is 1. The highest BCUT2D eigenvalue weighted by Crippen LogP contribution is 2.34. The lowest BCUT2D eigenvalue weighted by atomic mass is 10.0. The number of nitrogens with zero attached hydrogens (tertiary/aromatic N) is 1. The zero-order valence-electron chi connectivity index (χ0n) is 21.5. The Bertz CT molecular complexity index is 1270. The van der Waals surface area contributed by atoms with Gasteiger partial charge < -0.3 is 24.1 Å². The van der Waals surface area contributed by atoms with Crippen molar-refractivity contribution in [2.24, 2.45) is 5.92 Å². The van der Waals surface area contributed by atoms with Crippen LogP contribution in [0.4, 0.5) is 13.2 Å². The number of carbonyl (C=O) groups is 2. The number of esters is 1. The Morgan fingerprint density at radius 2 is 1.74 bits per heavy atom. The third-order valence-electron chi connectivity index (χ3n) is 5.65. The first kappa shape index (κ1) is 29.3. The Labute approximate surface area is 223 Å². The van der Waals surface area contributed by atoms with E-state index < -0.39 is 54.5 Å². The Kier molecular flexibility index (Phi) is 10.1. The van der Waals surface area contributed by atoms with E-state index in [2.05, 4.69) is 4.98 Å². The number of carbonyl (C=O) groups excluding carboxylic acids is 2. The molecule has 0 bridgehead atoms. The zero-order valence-corrected chi connectivity index (χ0v) is 21.5. The van der Waals surface area contributed by atoms with Gasteiger partial charge in [0.15, 0.2) is 29.1 Å². The van der Waals surface area contributed by atoms with Crippen LogP contribution in [0.2, 0.25) is 0 Å². The molecule has 3 aromatic rings. The van der Waals surface area contributed by atoms with Gasteiger partial charge in [0.05, 0.1) is 13.0 Å². The molecule has 0 unspecified atom stereocenters. The molecule has 0 fully saturated rings. The topological polar surface area (TPSA) is 104 Å². The third kappa shape index (κ3) is 7.86. The van der Waals surface area contributed by atoms with Gasteiger partial charge in [0, 0.05) is 30.3 Å². The van der Waals surface area contributed by atoms with Gasteiger partial charge in [-0.1, -0.05) is 25.1 Å². The van der Waals surface area contributed by atoms with E-state index >= 15 is 0 Å². The number of halogens is 3. The highest BCUT2D eigenvalue weighted by atomic mass is 19.3. The minimum Gasteiger partial charge on any atom is -0.503 e. The van der Waals surface area contributed by atoms with Gasteiger partial charge in [-0.25, -0.2) is 18.2 Å². The van der Waals surface area contributed by atoms with Gasteiger partial charge in [-0.3, -0.25) is 9.59 Å². The minimum absolute atomic E-state index is 0.0577. The maximum Gasteiger partial charge on any atom is 0.309 e. The summed E-state index contributed by atoms with van der Waals surface area (Å²) in [7, 11) is 1.32. The van der Waals surface area contributed by atoms with Crippen molar-refractivity contribution in [1.29, 1.82) is 0 Å². The summed E-state index contributed by atoms with van der Waals surface area (Å²) in [6, 6.07) is 13.2. The number of methoxy groups -OCH3 is 1. The van der Waals surface area contributed by atoms with Crippen molar-refractivity contribution in [2.75, 3.05) is 13.7 Å². The summed E-state index contributed by atoms with van der Waals surface area (Å²) in [5, 5.41) is 10.2. The third-order valence-corrected chi connectivity index (χ3v) is 5.65. The summed E-state index contributed by atoms with van der Waals surface area (Å²) in [6.45, 7) is 2.00. The number of rotatable bonds is 13. The van der Waals surface area contributed by atoms with Crippen molar-refractivity contribution in [3.8, 4) is 23.0 Å². The summed E-state index contributed by atoms with van der Waals surface area (Å²) in [6.07, 6.45) is -3.96. The van der Waals surface area contributed by atoms with Gasteiger partial charge in [-0.2, -0.15) is 0 Å². The quantitative estimate of drug-likeness (QED) is 0.220. The summed E-state index contributed by atoms with van der Waals surface area (Å²) >= 11 is 0. The van der Waals surface area contributed by atoms with Crippen LogP contribution in [0.3, 0.4) is 0 Å². The molecule has 1 N–H and O–H groups in total. The predicted octanol–water partition coefficient (Wildman–Crippen LogP) is 5.54. The number of Topliss-reactive ketones (excluding diaryl/α,β-unsaturated/α-hetero) is 1. The van der Waals surface area contributed by atoms with E-state index in [0.29, 0.717) is 5.75 Å². The van der Waals surface area contributed by atoms with E-state index in [-0.39, 0.29) is 29.2 Å². The molecule has 0 amide bonds. The van der Waals surface area contributed by atoms with Gasteiger partial charge in [0.2, 0.25) is 0 Å². The Morgan fingerprint density at radius 1 is 1.03 bits per heavy atom. The molecule has 11 heteroatoms. The smallest absolute Gasteiger partial charge is 0.309 e. The van der Waals surface area contributed by atoms with Crippen LogP contribution in [-0.4, -0.2) is 48.1 Å². The Balaban J connectivity index is 1.81. The van der Waals surface area contributed by atoms with Gasteiger partial charge in [-0.15, -0.1) is 0 Å². The van der Waals surface area contributed by atoms with Crippen LogP contribution in [0.15, 0.2) is 60.8 Å². The Morgan fingerprint density at radius 3 is 2.41 bits per heavy atom. The highest BCUT2D eigenvalue weighted by Gasteiger charge is 2.31. The molecule has 0 radical (unpaired) electrons. The van der Waals surface area contributed by atoms with E-state index in [1.165, 1.54) is 39.3 Å². The molecule has 3 atom stereocenters. The summed E-state index contributed by atoms with van der Waals surface area (Å²) in [4.78, 5) is 29.5. The molecule has 0 aliphatic heterocycles. The van der Waals surface area contributed by atoms with Gasteiger partial charge >= 0.3 is 5.97 Å². The van der Waals surface area contributed by atoms with Crippen molar-refractivity contribution in [2.45, 2.75) is 38.9 Å². The highest BCUT2D eigenvalue weighted by molar-refractivity contribution is 5.99. The van der Waals surface area contributed by atoms with Crippen LogP contribution in [0.1, 0.15) is 42.4 Å². The average Bonchev–Trinajstić information content (AvgIpc) is 2.91. The van der Waals surface area contributed by atoms with Gasteiger partial charge in [0.25, 0.3) is 6.43 Å². The van der Waals surface area contributed by atoms with Crippen LogP contribution in [0.5, 0.6) is 23.0 Å². The van der Waals surface area contributed by atoms with Crippen molar-refractivity contribution >= 4 is 11.8 Å². The maximum absolute atomic E-state index is 14.0. The summed E-state index contributed by atoms with van der Waals surface area (Å²) in [5.41, 5.74) is -0.0742. The predicted molar refractivity (Wildman–Crippen MR) is 134 cm³/mol. The number of benzene rings is 2. The first-order chi connectivity index (χ1) is 18.6. The fourth-order valence-electron chi connectivity index (χ4n) is 3.70. The second-order valence-corrected chi connectivity index (χ2v) is 8.62. The number of aromatic hydroxyl groups is 1. The van der Waals surface area contributed by atoms with Gasteiger partial charge in [0.1, 0.15) is 30.0 Å². The zero-order chi connectivity index (χ0) is 28.5.